The number of carbonyl (C=O) groups excluding carboxylic acids is 1. The van der Waals surface area contributed by atoms with Crippen molar-refractivity contribution < 1.29 is 13.2 Å². The van der Waals surface area contributed by atoms with Gasteiger partial charge >= 0.3 is 6.03 Å². The Hall–Kier alpha value is -3.63. The van der Waals surface area contributed by atoms with Gasteiger partial charge in [0.15, 0.2) is 0 Å². The van der Waals surface area contributed by atoms with E-state index in [9.17, 15) is 13.2 Å². The normalized spacial score (nSPS) is 14.2. The maximum atomic E-state index is 13.1. The van der Waals surface area contributed by atoms with Gasteiger partial charge in [-0.15, -0.1) is 0 Å². The van der Waals surface area contributed by atoms with Crippen LogP contribution in [-0.2, 0) is 16.6 Å². The summed E-state index contributed by atoms with van der Waals surface area (Å²) in [4.78, 5) is 16.3. The molecule has 0 spiro atoms. The predicted octanol–water partition coefficient (Wildman–Crippen LogP) is 3.37. The third-order valence-electron chi connectivity index (χ3n) is 5.45. The summed E-state index contributed by atoms with van der Waals surface area (Å²) in [6, 6.07) is 16.9. The summed E-state index contributed by atoms with van der Waals surface area (Å²) < 4.78 is 28.8. The number of carbonyl (C=O) groups is 1. The highest BCUT2D eigenvalue weighted by atomic mass is 32.2. The van der Waals surface area contributed by atoms with E-state index < -0.39 is 10.0 Å². The molecule has 2 amide bonds. The van der Waals surface area contributed by atoms with Crippen LogP contribution in [0.5, 0.6) is 0 Å². The molecule has 0 radical (unpaired) electrons. The quantitative estimate of drug-likeness (QED) is 0.337. The van der Waals surface area contributed by atoms with Gasteiger partial charge in [-0.1, -0.05) is 18.2 Å². The van der Waals surface area contributed by atoms with E-state index in [4.69, 9.17) is 0 Å². The molecular formula is C24H28N6O3S. The van der Waals surface area contributed by atoms with Gasteiger partial charge in [0, 0.05) is 36.4 Å². The third-order valence-corrected chi connectivity index (χ3v) is 6.89. The van der Waals surface area contributed by atoms with E-state index in [1.807, 2.05) is 12.1 Å². The molecule has 4 rings (SSSR count). The lowest BCUT2D eigenvalue weighted by Gasteiger charge is -2.25. The number of anilines is 3. The van der Waals surface area contributed by atoms with Crippen molar-refractivity contribution in [3.05, 3.63) is 78.6 Å². The van der Waals surface area contributed by atoms with Crippen LogP contribution in [0, 0.1) is 0 Å². The van der Waals surface area contributed by atoms with E-state index in [2.05, 4.69) is 31.0 Å². The molecule has 1 aliphatic rings. The molecule has 0 unspecified atom stereocenters. The van der Waals surface area contributed by atoms with Gasteiger partial charge in [0.25, 0.3) is 10.0 Å². The van der Waals surface area contributed by atoms with Crippen LogP contribution in [0.1, 0.15) is 18.4 Å². The zero-order chi connectivity index (χ0) is 23.8. The number of urea groups is 1. The Morgan fingerprint density at radius 3 is 2.44 bits per heavy atom. The molecule has 1 saturated heterocycles. The van der Waals surface area contributed by atoms with Crippen LogP contribution in [0.15, 0.2) is 78.0 Å². The standard InChI is InChI=1S/C24H28N6O3S/c31-24(27-17-18-4-3-13-26-16-18)29-19-7-9-21(10-8-19)30-34(32,33)23-6-2-1-5-22(23)28-20-11-14-25-15-12-20/h1-10,13,16,20,25,28,30H,11-12,14-15,17H2,(H2,27,29,31). The van der Waals surface area contributed by atoms with E-state index in [0.29, 0.717) is 23.6 Å². The lowest BCUT2D eigenvalue weighted by Crippen LogP contribution is -2.35. The fourth-order valence-electron chi connectivity index (χ4n) is 3.70. The van der Waals surface area contributed by atoms with Gasteiger partial charge in [-0.05, 0) is 74.0 Å². The van der Waals surface area contributed by atoms with Gasteiger partial charge in [-0.2, -0.15) is 0 Å². The fraction of sp³-hybridized carbons (Fsp3) is 0.250. The summed E-state index contributed by atoms with van der Waals surface area (Å²) in [5, 5.41) is 12.2. The molecule has 10 heteroatoms. The monoisotopic (exact) mass is 480 g/mol. The number of para-hydroxylation sites is 1. The molecule has 34 heavy (non-hydrogen) atoms. The summed E-state index contributed by atoms with van der Waals surface area (Å²) in [5.41, 5.74) is 2.42. The molecule has 1 aromatic heterocycles. The van der Waals surface area contributed by atoms with Crippen molar-refractivity contribution in [1.29, 1.82) is 0 Å². The van der Waals surface area contributed by atoms with Crippen molar-refractivity contribution in [2.24, 2.45) is 0 Å². The first kappa shape index (κ1) is 23.5. The summed E-state index contributed by atoms with van der Waals surface area (Å²) in [7, 11) is -3.80. The second-order valence-corrected chi connectivity index (χ2v) is 9.67. The van der Waals surface area contributed by atoms with E-state index in [0.717, 1.165) is 31.5 Å². The molecule has 9 nitrogen and oxygen atoms in total. The number of nitrogens with one attached hydrogen (secondary N) is 5. The molecule has 2 aromatic carbocycles. The lowest BCUT2D eigenvalue weighted by atomic mass is 10.1. The molecular weight excluding hydrogens is 452 g/mol. The Bertz CT molecular complexity index is 1200. The first-order chi connectivity index (χ1) is 16.5. The largest absolute Gasteiger partial charge is 0.381 e. The van der Waals surface area contributed by atoms with E-state index >= 15 is 0 Å². The lowest BCUT2D eigenvalue weighted by molar-refractivity contribution is 0.251. The van der Waals surface area contributed by atoms with Gasteiger partial charge in [0.05, 0.1) is 5.69 Å². The molecule has 1 fully saturated rings. The molecule has 1 aliphatic heterocycles. The average Bonchev–Trinajstić information content (AvgIpc) is 2.85. The summed E-state index contributed by atoms with van der Waals surface area (Å²) in [5.74, 6) is 0. The van der Waals surface area contributed by atoms with Crippen LogP contribution in [0.3, 0.4) is 0 Å². The SMILES string of the molecule is O=C(NCc1cccnc1)Nc1ccc(NS(=O)(=O)c2ccccc2NC2CCNCC2)cc1. The van der Waals surface area contributed by atoms with Gasteiger partial charge in [-0.3, -0.25) is 9.71 Å². The number of amides is 2. The highest BCUT2D eigenvalue weighted by molar-refractivity contribution is 7.92. The zero-order valence-corrected chi connectivity index (χ0v) is 19.4. The molecule has 0 saturated carbocycles. The number of rotatable bonds is 8. The number of hydrogen-bond donors (Lipinski definition) is 5. The van der Waals surface area contributed by atoms with Crippen LogP contribution in [-0.4, -0.2) is 38.6 Å². The van der Waals surface area contributed by atoms with Gasteiger partial charge < -0.3 is 21.3 Å². The number of pyridine rings is 1. The van der Waals surface area contributed by atoms with E-state index in [1.165, 1.54) is 0 Å². The second-order valence-electron chi connectivity index (χ2n) is 8.02. The molecule has 0 bridgehead atoms. The molecule has 178 valence electrons. The Balaban J connectivity index is 1.36. The molecule has 2 heterocycles. The number of benzene rings is 2. The van der Waals surface area contributed by atoms with Gasteiger partial charge in [0.2, 0.25) is 0 Å². The van der Waals surface area contributed by atoms with Crippen LogP contribution >= 0.6 is 0 Å². The van der Waals surface area contributed by atoms with Crippen LogP contribution in [0.25, 0.3) is 0 Å². The molecule has 3 aromatic rings. The van der Waals surface area contributed by atoms with Gasteiger partial charge in [0.1, 0.15) is 4.90 Å². The van der Waals surface area contributed by atoms with E-state index in [1.54, 1.807) is 60.9 Å². The topological polar surface area (TPSA) is 124 Å². The summed E-state index contributed by atoms with van der Waals surface area (Å²) in [6.07, 6.45) is 5.22. The molecule has 5 N–H and O–H groups in total. The second kappa shape index (κ2) is 11.0. The highest BCUT2D eigenvalue weighted by Gasteiger charge is 2.21. The minimum Gasteiger partial charge on any atom is -0.381 e. The first-order valence-corrected chi connectivity index (χ1v) is 12.6. The van der Waals surface area contributed by atoms with E-state index in [-0.39, 0.29) is 17.0 Å². The van der Waals surface area contributed by atoms with Gasteiger partial charge in [-0.25, -0.2) is 13.2 Å². The smallest absolute Gasteiger partial charge is 0.319 e. The maximum absolute atomic E-state index is 13.1. The van der Waals surface area contributed by atoms with Crippen molar-refractivity contribution in [2.75, 3.05) is 28.4 Å². The summed E-state index contributed by atoms with van der Waals surface area (Å²) in [6.45, 7) is 2.17. The Labute approximate surface area is 199 Å². The Morgan fingerprint density at radius 1 is 0.971 bits per heavy atom. The summed E-state index contributed by atoms with van der Waals surface area (Å²) >= 11 is 0. The van der Waals surface area contributed by atoms with Crippen LogP contribution in [0.4, 0.5) is 21.9 Å². The van der Waals surface area contributed by atoms with Crippen LogP contribution in [0.2, 0.25) is 0 Å². The fourth-order valence-corrected chi connectivity index (χ4v) is 4.93. The Kier molecular flexibility index (Phi) is 7.61. The number of piperidine rings is 1. The van der Waals surface area contributed by atoms with Crippen LogP contribution < -0.4 is 26.0 Å². The third kappa shape index (κ3) is 6.46. The number of sulfonamides is 1. The average molecular weight is 481 g/mol. The maximum Gasteiger partial charge on any atom is 0.319 e. The minimum absolute atomic E-state index is 0.200. The Morgan fingerprint density at radius 2 is 1.71 bits per heavy atom. The minimum atomic E-state index is -3.80. The zero-order valence-electron chi connectivity index (χ0n) is 18.6. The van der Waals surface area contributed by atoms with Crippen molar-refractivity contribution in [3.8, 4) is 0 Å². The predicted molar refractivity (Wildman–Crippen MR) is 133 cm³/mol. The number of hydrogen-bond acceptors (Lipinski definition) is 6. The molecule has 0 aliphatic carbocycles. The van der Waals surface area contributed by atoms with Crippen molar-refractivity contribution >= 4 is 33.1 Å². The number of nitrogens with zero attached hydrogens (tertiary/aromatic N) is 1. The highest BCUT2D eigenvalue weighted by Crippen LogP contribution is 2.26. The molecule has 0 atom stereocenters. The van der Waals surface area contributed by atoms with Crippen molar-refractivity contribution in [3.63, 3.8) is 0 Å². The van der Waals surface area contributed by atoms with Crippen molar-refractivity contribution in [1.82, 2.24) is 15.6 Å². The van der Waals surface area contributed by atoms with Crippen molar-refractivity contribution in [2.45, 2.75) is 30.3 Å². The number of aromatic nitrogens is 1. The first-order valence-electron chi connectivity index (χ1n) is 11.1.